The number of hydrogen-bond donors (Lipinski definition) is 2. The van der Waals surface area contributed by atoms with Crippen molar-refractivity contribution in [1.29, 1.82) is 5.26 Å². The van der Waals surface area contributed by atoms with Crippen molar-refractivity contribution in [2.45, 2.75) is 19.9 Å². The molecule has 0 saturated carbocycles. The standard InChI is InChI=1S/C25H27N7O/c1-18-21-9-10-32(16-19-5-4-6-20(15-19)27-17-26)24(21)30-25(28-18)29-22-7-2-3-8-23(22)31-11-13-33-14-12-31/h2-8,15,27H,9-14,16H2,1H3,(H,28,29,30). The van der Waals surface area contributed by atoms with Crippen molar-refractivity contribution in [3.05, 3.63) is 65.4 Å². The Balaban J connectivity index is 1.40. The quantitative estimate of drug-likeness (QED) is 0.441. The monoisotopic (exact) mass is 441 g/mol. The lowest BCUT2D eigenvalue weighted by Crippen LogP contribution is -2.36. The van der Waals surface area contributed by atoms with Crippen LogP contribution in [0.15, 0.2) is 48.5 Å². The van der Waals surface area contributed by atoms with Gasteiger partial charge in [-0.1, -0.05) is 24.3 Å². The van der Waals surface area contributed by atoms with Crippen molar-refractivity contribution in [3.8, 4) is 6.19 Å². The zero-order valence-electron chi connectivity index (χ0n) is 18.7. The van der Waals surface area contributed by atoms with E-state index in [2.05, 4.69) is 51.6 Å². The average Bonchev–Trinajstić information content (AvgIpc) is 3.23. The van der Waals surface area contributed by atoms with E-state index in [4.69, 9.17) is 20.0 Å². The van der Waals surface area contributed by atoms with Crippen LogP contribution >= 0.6 is 0 Å². The Hall–Kier alpha value is -3.83. The molecule has 0 spiro atoms. The lowest BCUT2D eigenvalue weighted by atomic mass is 10.2. The van der Waals surface area contributed by atoms with E-state index in [-0.39, 0.29) is 0 Å². The SMILES string of the molecule is Cc1nc(Nc2ccccc2N2CCOCC2)nc2c1CCN2Cc1cccc(NC#N)c1. The molecule has 33 heavy (non-hydrogen) atoms. The molecule has 0 bridgehead atoms. The minimum absolute atomic E-state index is 0.610. The van der Waals surface area contributed by atoms with Crippen molar-refractivity contribution < 1.29 is 4.74 Å². The maximum atomic E-state index is 8.91. The van der Waals surface area contributed by atoms with Crippen LogP contribution in [0.5, 0.6) is 0 Å². The van der Waals surface area contributed by atoms with Crippen LogP contribution in [0.2, 0.25) is 0 Å². The van der Waals surface area contributed by atoms with Gasteiger partial charge in [-0.25, -0.2) is 4.98 Å². The van der Waals surface area contributed by atoms with Gasteiger partial charge in [0.1, 0.15) is 5.82 Å². The maximum absolute atomic E-state index is 8.91. The number of hydrogen-bond acceptors (Lipinski definition) is 8. The van der Waals surface area contributed by atoms with Gasteiger partial charge in [-0.15, -0.1) is 0 Å². The summed E-state index contributed by atoms with van der Waals surface area (Å²) in [6, 6.07) is 16.2. The summed E-state index contributed by atoms with van der Waals surface area (Å²) in [5.41, 5.74) is 6.28. The molecule has 0 amide bonds. The molecule has 2 N–H and O–H groups in total. The molecule has 5 rings (SSSR count). The molecule has 1 saturated heterocycles. The third-order valence-corrected chi connectivity index (χ3v) is 6.13. The molecule has 0 unspecified atom stereocenters. The smallest absolute Gasteiger partial charge is 0.229 e. The normalized spacial score (nSPS) is 15.2. The van der Waals surface area contributed by atoms with Gasteiger partial charge < -0.3 is 19.9 Å². The molecule has 1 aromatic heterocycles. The second kappa shape index (κ2) is 9.35. The zero-order valence-corrected chi connectivity index (χ0v) is 18.7. The lowest BCUT2D eigenvalue weighted by Gasteiger charge is -2.30. The second-order valence-electron chi connectivity index (χ2n) is 8.29. The minimum Gasteiger partial charge on any atom is -0.378 e. The number of nitrogens with zero attached hydrogens (tertiary/aromatic N) is 5. The number of aromatic nitrogens is 2. The molecule has 0 aliphatic carbocycles. The first-order valence-electron chi connectivity index (χ1n) is 11.3. The number of nitrogens with one attached hydrogen (secondary N) is 2. The highest BCUT2D eigenvalue weighted by Crippen LogP contribution is 2.33. The van der Waals surface area contributed by atoms with Gasteiger partial charge in [-0.2, -0.15) is 10.2 Å². The largest absolute Gasteiger partial charge is 0.378 e. The predicted molar refractivity (Wildman–Crippen MR) is 130 cm³/mol. The number of aryl methyl sites for hydroxylation is 1. The first kappa shape index (κ1) is 21.0. The van der Waals surface area contributed by atoms with E-state index >= 15 is 0 Å². The Morgan fingerprint density at radius 2 is 1.91 bits per heavy atom. The Labute approximate surface area is 193 Å². The molecule has 8 heteroatoms. The van der Waals surface area contributed by atoms with E-state index in [9.17, 15) is 0 Å². The van der Waals surface area contributed by atoms with Crippen LogP contribution < -0.4 is 20.4 Å². The van der Waals surface area contributed by atoms with Gasteiger partial charge in [0.15, 0.2) is 6.19 Å². The Kier molecular flexibility index (Phi) is 5.96. The molecule has 3 heterocycles. The molecule has 0 radical (unpaired) electrons. The highest BCUT2D eigenvalue weighted by atomic mass is 16.5. The summed E-state index contributed by atoms with van der Waals surface area (Å²) < 4.78 is 5.51. The van der Waals surface area contributed by atoms with Crippen LogP contribution in [0, 0.1) is 18.4 Å². The number of fused-ring (bicyclic) bond motifs is 1. The van der Waals surface area contributed by atoms with Crippen LogP contribution in [-0.4, -0.2) is 42.8 Å². The van der Waals surface area contributed by atoms with Crippen LogP contribution in [0.25, 0.3) is 0 Å². The van der Waals surface area contributed by atoms with E-state index < -0.39 is 0 Å². The van der Waals surface area contributed by atoms with Gasteiger partial charge in [0.2, 0.25) is 5.95 Å². The van der Waals surface area contributed by atoms with E-state index in [0.29, 0.717) is 5.95 Å². The summed E-state index contributed by atoms with van der Waals surface area (Å²) in [7, 11) is 0. The maximum Gasteiger partial charge on any atom is 0.229 e. The fourth-order valence-electron chi connectivity index (χ4n) is 4.51. The highest BCUT2D eigenvalue weighted by Gasteiger charge is 2.25. The summed E-state index contributed by atoms with van der Waals surface area (Å²) in [4.78, 5) is 14.3. The number of ether oxygens (including phenoxy) is 1. The fraction of sp³-hybridized carbons (Fsp3) is 0.320. The van der Waals surface area contributed by atoms with Crippen LogP contribution in [0.3, 0.4) is 0 Å². The first-order valence-corrected chi connectivity index (χ1v) is 11.3. The van der Waals surface area contributed by atoms with Gasteiger partial charge in [-0.3, -0.25) is 5.32 Å². The van der Waals surface area contributed by atoms with Crippen molar-refractivity contribution in [1.82, 2.24) is 9.97 Å². The summed E-state index contributed by atoms with van der Waals surface area (Å²) in [6.45, 7) is 6.90. The van der Waals surface area contributed by atoms with E-state index in [1.165, 1.54) is 5.56 Å². The number of anilines is 5. The Morgan fingerprint density at radius 3 is 2.76 bits per heavy atom. The van der Waals surface area contributed by atoms with Crippen LogP contribution in [-0.2, 0) is 17.7 Å². The molecule has 2 aliphatic heterocycles. The van der Waals surface area contributed by atoms with Gasteiger partial charge in [0, 0.05) is 43.1 Å². The molecule has 1 fully saturated rings. The fourth-order valence-corrected chi connectivity index (χ4v) is 4.51. The second-order valence-corrected chi connectivity index (χ2v) is 8.29. The third-order valence-electron chi connectivity index (χ3n) is 6.13. The van der Waals surface area contributed by atoms with Gasteiger partial charge in [-0.05, 0) is 43.2 Å². The Bertz CT molecular complexity index is 1180. The molecule has 8 nitrogen and oxygen atoms in total. The van der Waals surface area contributed by atoms with E-state index in [1.807, 2.05) is 30.5 Å². The van der Waals surface area contributed by atoms with E-state index in [0.717, 1.165) is 80.0 Å². The van der Waals surface area contributed by atoms with Crippen molar-refractivity contribution in [2.75, 3.05) is 53.3 Å². The number of rotatable bonds is 6. The number of morpholine rings is 1. The minimum atomic E-state index is 0.610. The number of benzene rings is 2. The average molecular weight is 442 g/mol. The topological polar surface area (TPSA) is 89.3 Å². The molecule has 2 aromatic carbocycles. The van der Waals surface area contributed by atoms with Crippen LogP contribution in [0.1, 0.15) is 16.8 Å². The summed E-state index contributed by atoms with van der Waals surface area (Å²) in [6.07, 6.45) is 2.92. The third kappa shape index (κ3) is 4.54. The summed E-state index contributed by atoms with van der Waals surface area (Å²) in [5, 5.41) is 15.1. The Morgan fingerprint density at radius 1 is 1.06 bits per heavy atom. The van der Waals surface area contributed by atoms with Gasteiger partial charge in [0.05, 0.1) is 24.6 Å². The summed E-state index contributed by atoms with van der Waals surface area (Å²) in [5.74, 6) is 1.59. The first-order chi connectivity index (χ1) is 16.2. The highest BCUT2D eigenvalue weighted by molar-refractivity contribution is 5.74. The molecule has 168 valence electrons. The molecule has 3 aromatic rings. The van der Waals surface area contributed by atoms with Crippen LogP contribution in [0.4, 0.5) is 28.8 Å². The van der Waals surface area contributed by atoms with Crippen molar-refractivity contribution in [3.63, 3.8) is 0 Å². The molecule has 0 atom stereocenters. The number of para-hydroxylation sites is 2. The molecular weight excluding hydrogens is 414 g/mol. The zero-order chi connectivity index (χ0) is 22.6. The van der Waals surface area contributed by atoms with Crippen molar-refractivity contribution >= 4 is 28.8 Å². The van der Waals surface area contributed by atoms with Crippen molar-refractivity contribution in [2.24, 2.45) is 0 Å². The van der Waals surface area contributed by atoms with Gasteiger partial charge >= 0.3 is 0 Å². The predicted octanol–water partition coefficient (Wildman–Crippen LogP) is 3.82. The molecule has 2 aliphatic rings. The van der Waals surface area contributed by atoms with E-state index in [1.54, 1.807) is 0 Å². The van der Waals surface area contributed by atoms with Gasteiger partial charge in [0.25, 0.3) is 0 Å². The molecular formula is C25H27N7O. The lowest BCUT2D eigenvalue weighted by molar-refractivity contribution is 0.123. The number of nitriles is 1. The summed E-state index contributed by atoms with van der Waals surface area (Å²) >= 11 is 0.